The van der Waals surface area contributed by atoms with Crippen molar-refractivity contribution in [2.24, 2.45) is 0 Å². The Kier molecular flexibility index (Phi) is 17.4. The Morgan fingerprint density at radius 2 is 1.91 bits per heavy atom. The van der Waals surface area contributed by atoms with Crippen molar-refractivity contribution in [1.82, 2.24) is 0 Å². The first-order valence-corrected chi connectivity index (χ1v) is 4.29. The Balaban J connectivity index is -0.0000000533. The summed E-state index contributed by atoms with van der Waals surface area (Å²) in [4.78, 5) is 16.3. The second-order valence-electron chi connectivity index (χ2n) is 1.68. The van der Waals surface area contributed by atoms with E-state index in [2.05, 4.69) is 4.52 Å². The van der Waals surface area contributed by atoms with E-state index in [1.54, 1.807) is 0 Å². The van der Waals surface area contributed by atoms with Crippen LogP contribution in [0.3, 0.4) is 0 Å². The van der Waals surface area contributed by atoms with Gasteiger partial charge in [0.1, 0.15) is 0 Å². The van der Waals surface area contributed by atoms with E-state index in [1.165, 1.54) is 0 Å². The van der Waals surface area contributed by atoms with Crippen molar-refractivity contribution in [3.05, 3.63) is 0 Å². The second-order valence-corrected chi connectivity index (χ2v) is 2.92. The number of unbranched alkanes of at least 4 members (excludes halogenated alkanes) is 1. The molecule has 0 heterocycles. The van der Waals surface area contributed by atoms with E-state index < -0.39 is 7.82 Å². The van der Waals surface area contributed by atoms with Crippen LogP contribution in [0, 0.1) is 0 Å². The Morgan fingerprint density at radius 1 is 1.45 bits per heavy atom. The van der Waals surface area contributed by atoms with Crippen LogP contribution in [-0.4, -0.2) is 16.4 Å². The number of rotatable bonds is 4. The van der Waals surface area contributed by atoms with E-state index in [1.807, 2.05) is 6.92 Å². The predicted molar refractivity (Wildman–Crippen MR) is 35.1 cm³/mol. The average molecular weight is 202 g/mol. The third-order valence-electron chi connectivity index (χ3n) is 0.757. The maximum absolute atomic E-state index is 9.98. The minimum atomic E-state index is -4.20. The van der Waals surface area contributed by atoms with E-state index in [0.29, 0.717) is 6.42 Å². The van der Waals surface area contributed by atoms with Crippen LogP contribution in [0.5, 0.6) is 0 Å². The molecule has 0 aromatic rings. The van der Waals surface area contributed by atoms with Crippen molar-refractivity contribution in [3.63, 3.8) is 0 Å². The molecule has 0 bridgehead atoms. The largest absolute Gasteiger partial charge is 1.00 e. The fourth-order valence-electron chi connectivity index (χ4n) is 0.328. The van der Waals surface area contributed by atoms with Crippen molar-refractivity contribution in [1.29, 1.82) is 0 Å². The van der Waals surface area contributed by atoms with Crippen LogP contribution >= 0.6 is 7.82 Å². The molecule has 7 heteroatoms. The molecule has 0 aliphatic carbocycles. The molecule has 0 aliphatic rings. The smallest absolute Gasteiger partial charge is 1.00 e. The summed E-state index contributed by atoms with van der Waals surface area (Å²) in [5.41, 5.74) is 0. The van der Waals surface area contributed by atoms with E-state index in [4.69, 9.17) is 9.79 Å². The Hall–Kier alpha value is 2.11. The van der Waals surface area contributed by atoms with Crippen LogP contribution < -0.4 is 59.1 Å². The standard InChI is InChI=1S/C4H11O4P.2Na.2H/c1-2-3-4-8-9(5,6)7;;;;/h2-4H2,1H3,(H2,5,6,7);;;;/q;2*+1;2*-1. The molecule has 0 radical (unpaired) electrons. The van der Waals surface area contributed by atoms with Gasteiger partial charge in [-0.3, -0.25) is 4.52 Å². The molecule has 11 heavy (non-hydrogen) atoms. The van der Waals surface area contributed by atoms with Gasteiger partial charge in [-0.1, -0.05) is 13.3 Å². The van der Waals surface area contributed by atoms with Gasteiger partial charge >= 0.3 is 66.9 Å². The summed E-state index contributed by atoms with van der Waals surface area (Å²) in [6.07, 6.45) is 1.56. The Morgan fingerprint density at radius 3 is 2.18 bits per heavy atom. The van der Waals surface area contributed by atoms with Crippen molar-refractivity contribution >= 4 is 7.82 Å². The second kappa shape index (κ2) is 10.2. The zero-order valence-electron chi connectivity index (χ0n) is 9.28. The van der Waals surface area contributed by atoms with Crippen LogP contribution in [0.15, 0.2) is 0 Å². The molecule has 60 valence electrons. The molecule has 0 saturated carbocycles. The van der Waals surface area contributed by atoms with Crippen molar-refractivity contribution in [2.75, 3.05) is 6.61 Å². The van der Waals surface area contributed by atoms with Gasteiger partial charge in [0.25, 0.3) is 0 Å². The molecule has 0 rings (SSSR count). The minimum Gasteiger partial charge on any atom is -1.00 e. The topological polar surface area (TPSA) is 66.8 Å². The molecule has 0 spiro atoms. The number of phosphoric ester groups is 1. The number of hydrogen-bond acceptors (Lipinski definition) is 2. The summed E-state index contributed by atoms with van der Waals surface area (Å²) < 4.78 is 14.1. The molecule has 0 aromatic heterocycles. The van der Waals surface area contributed by atoms with Crippen LogP contribution in [0.4, 0.5) is 0 Å². The van der Waals surface area contributed by atoms with Crippen molar-refractivity contribution in [3.8, 4) is 0 Å². The van der Waals surface area contributed by atoms with E-state index >= 15 is 0 Å². The molecule has 2 N–H and O–H groups in total. The van der Waals surface area contributed by atoms with Gasteiger partial charge in [-0.05, 0) is 6.42 Å². The Labute approximate surface area is 114 Å². The molecule has 0 aliphatic heterocycles. The zero-order valence-corrected chi connectivity index (χ0v) is 12.2. The van der Waals surface area contributed by atoms with Crippen LogP contribution in [-0.2, 0) is 9.09 Å². The predicted octanol–water partition coefficient (Wildman–Crippen LogP) is -4.87. The third-order valence-corrected chi connectivity index (χ3v) is 1.28. The maximum Gasteiger partial charge on any atom is 1.00 e. The first-order valence-electron chi connectivity index (χ1n) is 2.76. The van der Waals surface area contributed by atoms with E-state index in [9.17, 15) is 4.57 Å². The quantitative estimate of drug-likeness (QED) is 0.272. The summed E-state index contributed by atoms with van der Waals surface area (Å²) in [7, 11) is -4.20. The van der Waals surface area contributed by atoms with Gasteiger partial charge in [0.2, 0.25) is 0 Å². The number of hydrogen-bond donors (Lipinski definition) is 2. The molecule has 0 unspecified atom stereocenters. The van der Waals surface area contributed by atoms with Crippen LogP contribution in [0.25, 0.3) is 0 Å². The first kappa shape index (κ1) is 18.8. The molecule has 0 aromatic carbocycles. The van der Waals surface area contributed by atoms with Gasteiger partial charge in [-0.25, -0.2) is 4.57 Å². The molecule has 0 amide bonds. The van der Waals surface area contributed by atoms with Gasteiger partial charge < -0.3 is 12.6 Å². The minimum absolute atomic E-state index is 0. The van der Waals surface area contributed by atoms with Gasteiger partial charge in [0.05, 0.1) is 6.61 Å². The zero-order chi connectivity index (χ0) is 7.33. The van der Waals surface area contributed by atoms with Crippen molar-refractivity contribution in [2.45, 2.75) is 19.8 Å². The van der Waals surface area contributed by atoms with Gasteiger partial charge in [0.15, 0.2) is 0 Å². The van der Waals surface area contributed by atoms with Crippen LogP contribution in [0.2, 0.25) is 0 Å². The van der Waals surface area contributed by atoms with E-state index in [0.717, 1.165) is 6.42 Å². The summed E-state index contributed by atoms with van der Waals surface area (Å²) in [5.74, 6) is 0. The fraction of sp³-hybridized carbons (Fsp3) is 1.00. The van der Waals surface area contributed by atoms with E-state index in [-0.39, 0.29) is 68.6 Å². The monoisotopic (exact) mass is 202 g/mol. The summed E-state index contributed by atoms with van der Waals surface area (Å²) in [5, 5.41) is 0. The van der Waals surface area contributed by atoms with Gasteiger partial charge in [-0.15, -0.1) is 0 Å². The molecular weight excluding hydrogens is 189 g/mol. The average Bonchev–Trinajstić information content (AvgIpc) is 1.63. The normalized spacial score (nSPS) is 9.73. The van der Waals surface area contributed by atoms with Crippen LogP contribution in [0.1, 0.15) is 22.6 Å². The maximum atomic E-state index is 9.98. The first-order chi connectivity index (χ1) is 4.06. The molecule has 0 saturated heterocycles. The SMILES string of the molecule is CCCCOP(=O)(O)O.[H-].[H-].[Na+].[Na+]. The number of phosphoric acid groups is 1. The fourth-order valence-corrected chi connectivity index (χ4v) is 0.695. The Bertz CT molecular complexity index is 123. The molecular formula is C4H13Na2O4P. The van der Waals surface area contributed by atoms with Gasteiger partial charge in [0, 0.05) is 0 Å². The van der Waals surface area contributed by atoms with Crippen molar-refractivity contribution < 1.29 is 80.8 Å². The molecule has 0 atom stereocenters. The third kappa shape index (κ3) is 18.8. The summed E-state index contributed by atoms with van der Waals surface area (Å²) in [6, 6.07) is 0. The van der Waals surface area contributed by atoms with Gasteiger partial charge in [-0.2, -0.15) is 0 Å². The summed E-state index contributed by atoms with van der Waals surface area (Å²) in [6.45, 7) is 2.06. The summed E-state index contributed by atoms with van der Waals surface area (Å²) >= 11 is 0. The molecule has 0 fully saturated rings. The molecule has 4 nitrogen and oxygen atoms in total.